The number of amides is 2. The predicted octanol–water partition coefficient (Wildman–Crippen LogP) is 2.49. The molecule has 1 saturated heterocycles. The Morgan fingerprint density at radius 1 is 1.17 bits per heavy atom. The van der Waals surface area contributed by atoms with Gasteiger partial charge in [-0.1, -0.05) is 17.7 Å². The molecule has 1 aliphatic heterocycles. The van der Waals surface area contributed by atoms with Crippen molar-refractivity contribution in [3.63, 3.8) is 0 Å². The quantitative estimate of drug-likeness (QED) is 0.709. The molecule has 2 N–H and O–H groups in total. The smallest absolute Gasteiger partial charge is 0.407 e. The normalized spacial score (nSPS) is 15.7. The van der Waals surface area contributed by atoms with Gasteiger partial charge in [0.2, 0.25) is 15.9 Å². The largest absolute Gasteiger partial charge is 0.444 e. The molecule has 0 aromatic heterocycles. The van der Waals surface area contributed by atoms with E-state index >= 15 is 0 Å². The summed E-state index contributed by atoms with van der Waals surface area (Å²) in [7, 11) is -3.60. The van der Waals surface area contributed by atoms with Crippen LogP contribution in [0.1, 0.15) is 51.2 Å². The van der Waals surface area contributed by atoms with Crippen molar-refractivity contribution in [2.45, 2.75) is 70.4 Å². The second-order valence-corrected chi connectivity index (χ2v) is 10.4. The molecular formula is C21H33N3O5S. The van der Waals surface area contributed by atoms with Gasteiger partial charge in [0.1, 0.15) is 5.60 Å². The lowest BCUT2D eigenvalue weighted by molar-refractivity contribution is -0.132. The summed E-state index contributed by atoms with van der Waals surface area (Å²) in [6.45, 7) is 10.2. The van der Waals surface area contributed by atoms with Crippen molar-refractivity contribution in [2.75, 3.05) is 19.6 Å². The van der Waals surface area contributed by atoms with Gasteiger partial charge in [0.15, 0.2) is 0 Å². The van der Waals surface area contributed by atoms with Crippen molar-refractivity contribution >= 4 is 22.0 Å². The van der Waals surface area contributed by atoms with Crippen LogP contribution in [0.4, 0.5) is 4.79 Å². The zero-order chi connectivity index (χ0) is 22.5. The summed E-state index contributed by atoms with van der Waals surface area (Å²) in [5.74, 6) is -0.0678. The SMILES string of the molecule is Cc1ccc(S(=O)(=O)NC2CCN(C(=O)CCNC(=O)OC(C)(C)C)CC2)c(C)c1. The van der Waals surface area contributed by atoms with E-state index in [1.807, 2.05) is 13.0 Å². The van der Waals surface area contributed by atoms with Gasteiger partial charge in [-0.3, -0.25) is 4.79 Å². The molecule has 0 bridgehead atoms. The molecule has 2 amide bonds. The summed E-state index contributed by atoms with van der Waals surface area (Å²) >= 11 is 0. The van der Waals surface area contributed by atoms with Crippen molar-refractivity contribution in [2.24, 2.45) is 0 Å². The average molecular weight is 440 g/mol. The topological polar surface area (TPSA) is 105 Å². The number of hydrogen-bond donors (Lipinski definition) is 2. The van der Waals surface area contributed by atoms with Gasteiger partial charge in [-0.2, -0.15) is 0 Å². The molecule has 2 rings (SSSR count). The summed E-state index contributed by atoms with van der Waals surface area (Å²) in [4.78, 5) is 26.0. The monoisotopic (exact) mass is 439 g/mol. The average Bonchev–Trinajstić information content (AvgIpc) is 2.60. The number of piperidine rings is 1. The minimum atomic E-state index is -3.60. The van der Waals surface area contributed by atoms with E-state index in [4.69, 9.17) is 4.74 Å². The molecule has 0 aliphatic carbocycles. The zero-order valence-electron chi connectivity index (χ0n) is 18.4. The highest BCUT2D eigenvalue weighted by molar-refractivity contribution is 7.89. The number of nitrogens with one attached hydrogen (secondary N) is 2. The van der Waals surface area contributed by atoms with E-state index < -0.39 is 21.7 Å². The molecule has 1 aliphatic rings. The van der Waals surface area contributed by atoms with Gasteiger partial charge in [-0.05, 0) is 59.1 Å². The molecule has 0 spiro atoms. The van der Waals surface area contributed by atoms with E-state index in [1.54, 1.807) is 44.7 Å². The molecule has 0 atom stereocenters. The second kappa shape index (κ2) is 9.78. The van der Waals surface area contributed by atoms with Gasteiger partial charge in [-0.15, -0.1) is 0 Å². The highest BCUT2D eigenvalue weighted by atomic mass is 32.2. The first-order chi connectivity index (χ1) is 13.9. The molecule has 9 heteroatoms. The number of likely N-dealkylation sites (tertiary alicyclic amines) is 1. The fourth-order valence-electron chi connectivity index (χ4n) is 3.37. The summed E-state index contributed by atoms with van der Waals surface area (Å²) in [5.41, 5.74) is 1.15. The van der Waals surface area contributed by atoms with Crippen LogP contribution in [0.15, 0.2) is 23.1 Å². The van der Waals surface area contributed by atoms with Gasteiger partial charge in [-0.25, -0.2) is 17.9 Å². The predicted molar refractivity (Wildman–Crippen MR) is 115 cm³/mol. The maximum Gasteiger partial charge on any atom is 0.407 e. The van der Waals surface area contributed by atoms with Crippen LogP contribution in [0.3, 0.4) is 0 Å². The van der Waals surface area contributed by atoms with E-state index in [0.717, 1.165) is 5.56 Å². The molecule has 1 aromatic rings. The minimum Gasteiger partial charge on any atom is -0.444 e. The van der Waals surface area contributed by atoms with Crippen molar-refractivity contribution in [1.82, 2.24) is 14.9 Å². The number of alkyl carbamates (subject to hydrolysis) is 1. The number of rotatable bonds is 6. The lowest BCUT2D eigenvalue weighted by Gasteiger charge is -2.32. The number of nitrogens with zero attached hydrogens (tertiary/aromatic N) is 1. The Kier molecular flexibility index (Phi) is 7.87. The number of benzene rings is 1. The van der Waals surface area contributed by atoms with Crippen LogP contribution < -0.4 is 10.0 Å². The van der Waals surface area contributed by atoms with Crippen molar-refractivity contribution in [1.29, 1.82) is 0 Å². The van der Waals surface area contributed by atoms with Gasteiger partial charge in [0.25, 0.3) is 0 Å². The van der Waals surface area contributed by atoms with Crippen LogP contribution in [0, 0.1) is 13.8 Å². The van der Waals surface area contributed by atoms with Crippen LogP contribution in [0.2, 0.25) is 0 Å². The third-order valence-electron chi connectivity index (χ3n) is 4.80. The third-order valence-corrected chi connectivity index (χ3v) is 6.48. The Morgan fingerprint density at radius 2 is 1.80 bits per heavy atom. The molecule has 0 radical (unpaired) electrons. The van der Waals surface area contributed by atoms with E-state index in [1.165, 1.54) is 0 Å². The number of carbonyl (C=O) groups is 2. The summed E-state index contributed by atoms with van der Waals surface area (Å²) in [6.07, 6.45) is 0.734. The number of aryl methyl sites for hydroxylation is 2. The van der Waals surface area contributed by atoms with Crippen LogP contribution >= 0.6 is 0 Å². The van der Waals surface area contributed by atoms with Crippen LogP contribution in [0.5, 0.6) is 0 Å². The Balaban J connectivity index is 1.79. The van der Waals surface area contributed by atoms with Crippen molar-refractivity contribution < 1.29 is 22.7 Å². The molecule has 1 heterocycles. The van der Waals surface area contributed by atoms with E-state index in [2.05, 4.69) is 10.0 Å². The number of sulfonamides is 1. The Hall–Kier alpha value is -2.13. The highest BCUT2D eigenvalue weighted by Gasteiger charge is 2.27. The van der Waals surface area contributed by atoms with Crippen molar-refractivity contribution in [3.8, 4) is 0 Å². The van der Waals surface area contributed by atoms with Gasteiger partial charge in [0.05, 0.1) is 4.90 Å². The van der Waals surface area contributed by atoms with Crippen LogP contribution in [0.25, 0.3) is 0 Å². The lowest BCUT2D eigenvalue weighted by Crippen LogP contribution is -2.47. The van der Waals surface area contributed by atoms with E-state index in [-0.39, 0.29) is 24.9 Å². The van der Waals surface area contributed by atoms with E-state index in [0.29, 0.717) is 36.4 Å². The standard InChI is InChI=1S/C21H33N3O5S/c1-15-6-7-18(16(2)14-15)30(27,28)23-17-9-12-24(13-10-17)19(25)8-11-22-20(26)29-21(3,4)5/h6-7,14,17,23H,8-13H2,1-5H3,(H,22,26). The molecule has 8 nitrogen and oxygen atoms in total. The zero-order valence-corrected chi connectivity index (χ0v) is 19.3. The molecule has 0 saturated carbocycles. The molecule has 0 unspecified atom stereocenters. The van der Waals surface area contributed by atoms with Crippen molar-refractivity contribution in [3.05, 3.63) is 29.3 Å². The number of hydrogen-bond acceptors (Lipinski definition) is 5. The number of ether oxygens (including phenoxy) is 1. The van der Waals surface area contributed by atoms with Gasteiger partial charge in [0, 0.05) is 32.1 Å². The third kappa shape index (κ3) is 7.28. The maximum atomic E-state index is 12.7. The first-order valence-electron chi connectivity index (χ1n) is 10.2. The molecule has 1 fully saturated rings. The van der Waals surface area contributed by atoms with Gasteiger partial charge >= 0.3 is 6.09 Å². The fraction of sp³-hybridized carbons (Fsp3) is 0.619. The Morgan fingerprint density at radius 3 is 2.37 bits per heavy atom. The maximum absolute atomic E-state index is 12.7. The first-order valence-corrected chi connectivity index (χ1v) is 11.7. The fourth-order valence-corrected chi connectivity index (χ4v) is 4.91. The van der Waals surface area contributed by atoms with Gasteiger partial charge < -0.3 is 15.0 Å². The van der Waals surface area contributed by atoms with Crippen LogP contribution in [-0.4, -0.2) is 56.6 Å². The molecule has 30 heavy (non-hydrogen) atoms. The lowest BCUT2D eigenvalue weighted by atomic mass is 10.1. The van der Waals surface area contributed by atoms with E-state index in [9.17, 15) is 18.0 Å². The first kappa shape index (κ1) is 24.1. The summed E-state index contributed by atoms with van der Waals surface area (Å²) < 4.78 is 33.3. The van der Waals surface area contributed by atoms with Crippen LogP contribution in [-0.2, 0) is 19.6 Å². The molecular weight excluding hydrogens is 406 g/mol. The highest BCUT2D eigenvalue weighted by Crippen LogP contribution is 2.19. The summed E-state index contributed by atoms with van der Waals surface area (Å²) in [5, 5.41) is 2.58. The second-order valence-electron chi connectivity index (χ2n) is 8.72. The Bertz CT molecular complexity index is 869. The number of carbonyl (C=O) groups excluding carboxylic acids is 2. The molecule has 168 valence electrons. The Labute approximate surface area is 179 Å². The minimum absolute atomic E-state index is 0.0678. The summed E-state index contributed by atoms with van der Waals surface area (Å²) in [6, 6.07) is 5.05. The molecule has 1 aromatic carbocycles.